The first-order chi connectivity index (χ1) is 29.7. The van der Waals surface area contributed by atoms with Crippen molar-refractivity contribution >= 4 is 49.6 Å². The molecule has 60 heavy (non-hydrogen) atoms. The maximum absolute atomic E-state index is 6.47. The molecule has 0 aliphatic heterocycles. The summed E-state index contributed by atoms with van der Waals surface area (Å²) < 4.78 is 6.47. The van der Waals surface area contributed by atoms with E-state index in [0.29, 0.717) is 0 Å². The largest absolute Gasteiger partial charge is 0.456 e. The Morgan fingerprint density at radius 3 is 1.38 bits per heavy atom. The average Bonchev–Trinajstić information content (AvgIpc) is 3.77. The van der Waals surface area contributed by atoms with Crippen molar-refractivity contribution in [1.29, 1.82) is 0 Å². The first-order valence-electron chi connectivity index (χ1n) is 20.5. The van der Waals surface area contributed by atoms with Gasteiger partial charge in [-0.15, -0.1) is 0 Å². The molecule has 0 fully saturated rings. The third-order valence-electron chi connectivity index (χ3n) is 11.7. The van der Waals surface area contributed by atoms with Gasteiger partial charge in [-0.2, -0.15) is 0 Å². The summed E-state index contributed by atoms with van der Waals surface area (Å²) in [4.78, 5) is 2.40. The van der Waals surface area contributed by atoms with E-state index in [4.69, 9.17) is 4.42 Å². The molecule has 1 heterocycles. The third-order valence-corrected chi connectivity index (χ3v) is 11.7. The van der Waals surface area contributed by atoms with Crippen LogP contribution < -0.4 is 4.90 Å². The van der Waals surface area contributed by atoms with E-state index >= 15 is 0 Å². The number of fused-ring (bicyclic) bond motifs is 4. The Labute approximate surface area is 349 Å². The lowest BCUT2D eigenvalue weighted by Crippen LogP contribution is -2.10. The van der Waals surface area contributed by atoms with Crippen molar-refractivity contribution in [3.8, 4) is 55.8 Å². The molecule has 11 rings (SSSR count). The highest BCUT2D eigenvalue weighted by molar-refractivity contribution is 6.14. The van der Waals surface area contributed by atoms with Gasteiger partial charge < -0.3 is 9.32 Å². The van der Waals surface area contributed by atoms with Gasteiger partial charge in [0.25, 0.3) is 0 Å². The van der Waals surface area contributed by atoms with E-state index in [1.807, 2.05) is 12.1 Å². The van der Waals surface area contributed by atoms with Crippen molar-refractivity contribution in [2.24, 2.45) is 0 Å². The summed E-state index contributed by atoms with van der Waals surface area (Å²) >= 11 is 0. The van der Waals surface area contributed by atoms with E-state index in [2.05, 4.69) is 229 Å². The van der Waals surface area contributed by atoms with Crippen LogP contribution in [0.1, 0.15) is 0 Å². The first kappa shape index (κ1) is 35.2. The van der Waals surface area contributed by atoms with Crippen LogP contribution in [-0.2, 0) is 0 Å². The van der Waals surface area contributed by atoms with Crippen molar-refractivity contribution in [1.82, 2.24) is 0 Å². The summed E-state index contributed by atoms with van der Waals surface area (Å²) in [6.07, 6.45) is 0. The molecule has 0 aliphatic carbocycles. The third kappa shape index (κ3) is 6.51. The van der Waals surface area contributed by atoms with E-state index < -0.39 is 0 Å². The van der Waals surface area contributed by atoms with Gasteiger partial charge in [0.2, 0.25) is 0 Å². The summed E-state index contributed by atoms with van der Waals surface area (Å²) in [5.74, 6) is 0.860. The fourth-order valence-corrected chi connectivity index (χ4v) is 8.65. The zero-order valence-corrected chi connectivity index (χ0v) is 32.9. The maximum atomic E-state index is 6.47. The molecule has 0 unspecified atom stereocenters. The highest BCUT2D eigenvalue weighted by Gasteiger charge is 2.19. The van der Waals surface area contributed by atoms with Gasteiger partial charge in [0.15, 0.2) is 0 Å². The minimum Gasteiger partial charge on any atom is -0.456 e. The Morgan fingerprint density at radius 2 is 0.750 bits per heavy atom. The van der Waals surface area contributed by atoms with E-state index in [1.54, 1.807) is 0 Å². The van der Waals surface area contributed by atoms with Crippen molar-refractivity contribution in [3.63, 3.8) is 0 Å². The number of rotatable bonds is 8. The van der Waals surface area contributed by atoms with Gasteiger partial charge in [-0.05, 0) is 109 Å². The van der Waals surface area contributed by atoms with Gasteiger partial charge in [-0.1, -0.05) is 188 Å². The Kier molecular flexibility index (Phi) is 8.87. The van der Waals surface area contributed by atoms with E-state index in [9.17, 15) is 0 Å². The molecule has 0 aliphatic rings. The minimum absolute atomic E-state index is 0.860. The molecule has 0 amide bonds. The molecule has 11 aromatic rings. The number of furan rings is 1. The molecule has 0 radical (unpaired) electrons. The normalized spacial score (nSPS) is 11.3. The summed E-state index contributed by atoms with van der Waals surface area (Å²) in [7, 11) is 0. The predicted molar refractivity (Wildman–Crippen MR) is 253 cm³/mol. The van der Waals surface area contributed by atoms with Crippen molar-refractivity contribution in [2.45, 2.75) is 0 Å². The zero-order chi connectivity index (χ0) is 39.8. The van der Waals surface area contributed by atoms with Crippen molar-refractivity contribution in [3.05, 3.63) is 237 Å². The topological polar surface area (TPSA) is 16.4 Å². The van der Waals surface area contributed by atoms with Crippen LogP contribution in [0.5, 0.6) is 0 Å². The fourth-order valence-electron chi connectivity index (χ4n) is 8.65. The Hall–Kier alpha value is -7.94. The Bertz CT molecular complexity index is 3240. The van der Waals surface area contributed by atoms with Crippen LogP contribution in [0.15, 0.2) is 241 Å². The maximum Gasteiger partial charge on any atom is 0.136 e. The molecular formula is C58H39NO. The summed E-state index contributed by atoms with van der Waals surface area (Å²) in [5, 5.41) is 5.99. The molecule has 1 aromatic heterocycles. The van der Waals surface area contributed by atoms with Gasteiger partial charge in [-0.25, -0.2) is 0 Å². The number of benzene rings is 10. The molecule has 282 valence electrons. The highest BCUT2D eigenvalue weighted by Crippen LogP contribution is 2.44. The monoisotopic (exact) mass is 765 g/mol. The van der Waals surface area contributed by atoms with Gasteiger partial charge >= 0.3 is 0 Å². The predicted octanol–water partition coefficient (Wildman–Crippen LogP) is 16.5. The van der Waals surface area contributed by atoms with E-state index in [-0.39, 0.29) is 0 Å². The average molecular weight is 766 g/mol. The summed E-state index contributed by atoms with van der Waals surface area (Å²) in [6, 6.07) is 84.8. The Balaban J connectivity index is 1.01. The molecule has 0 saturated heterocycles. The minimum atomic E-state index is 0.860. The van der Waals surface area contributed by atoms with Crippen LogP contribution in [0.4, 0.5) is 17.1 Å². The summed E-state index contributed by atoms with van der Waals surface area (Å²) in [6.45, 7) is 0. The van der Waals surface area contributed by atoms with Gasteiger partial charge in [0.05, 0.1) is 5.69 Å². The van der Waals surface area contributed by atoms with Gasteiger partial charge in [-0.3, -0.25) is 0 Å². The van der Waals surface area contributed by atoms with Crippen molar-refractivity contribution < 1.29 is 4.42 Å². The molecule has 0 N–H and O–H groups in total. The van der Waals surface area contributed by atoms with Crippen LogP contribution in [0.2, 0.25) is 0 Å². The molecule has 0 bridgehead atoms. The zero-order valence-electron chi connectivity index (χ0n) is 32.9. The lowest BCUT2D eigenvalue weighted by molar-refractivity contribution is 0.632. The second kappa shape index (κ2) is 15.1. The van der Waals surface area contributed by atoms with Crippen LogP contribution in [0, 0.1) is 0 Å². The Morgan fingerprint density at radius 1 is 0.283 bits per heavy atom. The second-order valence-electron chi connectivity index (χ2n) is 15.3. The number of hydrogen-bond donors (Lipinski definition) is 0. The lowest BCUT2D eigenvalue weighted by Gasteiger charge is -2.28. The van der Waals surface area contributed by atoms with Gasteiger partial charge in [0.1, 0.15) is 11.3 Å². The van der Waals surface area contributed by atoms with Crippen LogP contribution in [0.3, 0.4) is 0 Å². The second-order valence-corrected chi connectivity index (χ2v) is 15.3. The van der Waals surface area contributed by atoms with Gasteiger partial charge in [0, 0.05) is 27.7 Å². The number of anilines is 3. The molecular weight excluding hydrogens is 727 g/mol. The standard InChI is InChI=1S/C58H39NO/c1-3-13-40(14-4-1)41-23-25-42(26-24-41)43-27-32-49(33-28-43)59(56-38-47-17-7-9-19-51(47)53-20-10-11-21-54(53)56)50-34-29-44(30-35-50)46-31-36-52(45-15-5-2-6-16-45)55(37-46)58-39-48-18-8-12-22-57(48)60-58/h1-39H. The van der Waals surface area contributed by atoms with Crippen LogP contribution in [0.25, 0.3) is 88.3 Å². The van der Waals surface area contributed by atoms with Crippen molar-refractivity contribution in [2.75, 3.05) is 4.90 Å². The SMILES string of the molecule is c1ccc(-c2ccc(-c3ccc(N(c4ccc(-c5ccc(-c6ccccc6)c(-c6cc7ccccc7o6)c5)cc4)c4cc5ccccc5c5ccccc45)cc3)cc2)cc1. The smallest absolute Gasteiger partial charge is 0.136 e. The lowest BCUT2D eigenvalue weighted by atomic mass is 9.93. The van der Waals surface area contributed by atoms with E-state index in [0.717, 1.165) is 61.6 Å². The number of para-hydroxylation sites is 1. The molecule has 10 aromatic carbocycles. The molecule has 2 nitrogen and oxygen atoms in total. The summed E-state index contributed by atoms with van der Waals surface area (Å²) in [5.41, 5.74) is 14.6. The quantitative estimate of drug-likeness (QED) is 0.143. The number of hydrogen-bond acceptors (Lipinski definition) is 2. The molecule has 2 heteroatoms. The molecule has 0 saturated carbocycles. The fraction of sp³-hybridized carbons (Fsp3) is 0. The van der Waals surface area contributed by atoms with Crippen LogP contribution >= 0.6 is 0 Å². The molecule has 0 spiro atoms. The number of nitrogens with zero attached hydrogens (tertiary/aromatic N) is 1. The van der Waals surface area contributed by atoms with Crippen LogP contribution in [-0.4, -0.2) is 0 Å². The first-order valence-corrected chi connectivity index (χ1v) is 20.5. The molecule has 0 atom stereocenters. The van der Waals surface area contributed by atoms with E-state index in [1.165, 1.54) is 43.8 Å². The highest BCUT2D eigenvalue weighted by atomic mass is 16.3.